The van der Waals surface area contributed by atoms with Gasteiger partial charge in [0.15, 0.2) is 0 Å². The second-order valence-electron chi connectivity index (χ2n) is 14.0. The Balaban J connectivity index is 0.00000200. The van der Waals surface area contributed by atoms with Gasteiger partial charge in [-0.1, -0.05) is 0 Å². The van der Waals surface area contributed by atoms with Crippen LogP contribution in [0.4, 0.5) is 0 Å². The van der Waals surface area contributed by atoms with Crippen LogP contribution in [0, 0.1) is 0 Å². The molecule has 0 aromatic heterocycles. The van der Waals surface area contributed by atoms with Crippen LogP contribution >= 0.6 is 0 Å². The number of halogens is 2. The Labute approximate surface area is 332 Å². The number of allylic oxidation sites excluding steroid dienone is 2. The molecule has 10 rings (SSSR count). The van der Waals surface area contributed by atoms with E-state index in [9.17, 15) is 0 Å². The van der Waals surface area contributed by atoms with Gasteiger partial charge in [-0.3, -0.25) is 0 Å². The van der Waals surface area contributed by atoms with E-state index in [0.717, 1.165) is 0 Å². The first-order valence-electron chi connectivity index (χ1n) is 18.0. The van der Waals surface area contributed by atoms with Crippen LogP contribution in [0.25, 0.3) is 49.4 Å². The summed E-state index contributed by atoms with van der Waals surface area (Å²) in [5.41, 5.74) is 12.0. The van der Waals surface area contributed by atoms with E-state index >= 15 is 0 Å². The Hall–Kier alpha value is -4.30. The van der Waals surface area contributed by atoms with Crippen molar-refractivity contribution in [2.24, 2.45) is 0 Å². The van der Waals surface area contributed by atoms with Crippen molar-refractivity contribution >= 4 is 42.9 Å². The van der Waals surface area contributed by atoms with Crippen LogP contribution in [0.5, 0.6) is 0 Å². The van der Waals surface area contributed by atoms with Gasteiger partial charge in [-0.05, 0) is 0 Å². The molecule has 8 aromatic rings. The molecule has 0 fully saturated rings. The Kier molecular flexibility index (Phi) is 10.0. The third-order valence-electron chi connectivity index (χ3n) is 11.2. The summed E-state index contributed by atoms with van der Waals surface area (Å²) in [6.07, 6.45) is 2.73. The van der Waals surface area contributed by atoms with Crippen LogP contribution in [-0.4, -0.2) is 5.43 Å². The molecule has 0 bridgehead atoms. The Morgan fingerprint density at radius 3 is 1.57 bits per heavy atom. The molecular weight excluding hydrogens is 779 g/mol. The van der Waals surface area contributed by atoms with Crippen molar-refractivity contribution < 1.29 is 45.2 Å². The first kappa shape index (κ1) is 35.7. The topological polar surface area (TPSA) is 0 Å². The zero-order valence-electron chi connectivity index (χ0n) is 29.3. The van der Waals surface area contributed by atoms with Crippen LogP contribution in [0.1, 0.15) is 36.4 Å². The minimum absolute atomic E-state index is 0. The fourth-order valence-corrected chi connectivity index (χ4v) is 33.1. The maximum atomic E-state index is 2.73. The number of fused-ring (bicyclic) bond motifs is 7. The van der Waals surface area contributed by atoms with E-state index in [1.807, 2.05) is 0 Å². The smallest absolute Gasteiger partial charge is 1.00 e. The second kappa shape index (κ2) is 14.8. The minimum atomic E-state index is -2.73. The van der Waals surface area contributed by atoms with Crippen molar-refractivity contribution in [1.29, 1.82) is 0 Å². The van der Waals surface area contributed by atoms with Gasteiger partial charge in [-0.25, -0.2) is 0 Å². The third-order valence-corrected chi connectivity index (χ3v) is 31.5. The normalized spacial score (nSPS) is 13.9. The average Bonchev–Trinajstić information content (AvgIpc) is 3.72. The molecule has 0 saturated heterocycles. The van der Waals surface area contributed by atoms with Crippen molar-refractivity contribution in [3.63, 3.8) is 0 Å². The van der Waals surface area contributed by atoms with E-state index in [1.54, 1.807) is 27.1 Å². The van der Waals surface area contributed by atoms with Gasteiger partial charge in [0.2, 0.25) is 0 Å². The molecule has 0 saturated carbocycles. The maximum absolute atomic E-state index is 2.73. The third kappa shape index (κ3) is 5.92. The molecular formula is C49H36Cl2SiZr. The van der Waals surface area contributed by atoms with Crippen molar-refractivity contribution in [2.45, 2.75) is 14.2 Å². The number of benzene rings is 8. The van der Waals surface area contributed by atoms with E-state index in [2.05, 4.69) is 195 Å². The summed E-state index contributed by atoms with van der Waals surface area (Å²) >= 11 is -2.73. The van der Waals surface area contributed by atoms with Gasteiger partial charge < -0.3 is 24.8 Å². The van der Waals surface area contributed by atoms with E-state index in [0.29, 0.717) is 7.25 Å². The predicted octanol–water partition coefficient (Wildman–Crippen LogP) is 5.32. The van der Waals surface area contributed by atoms with Crippen LogP contribution < -0.4 is 35.2 Å². The quantitative estimate of drug-likeness (QED) is 0.163. The molecule has 0 radical (unpaired) electrons. The van der Waals surface area contributed by atoms with E-state index < -0.39 is 25.8 Å². The van der Waals surface area contributed by atoms with Crippen LogP contribution in [0.3, 0.4) is 0 Å². The van der Waals surface area contributed by atoms with Crippen LogP contribution in [0.15, 0.2) is 188 Å². The Morgan fingerprint density at radius 1 is 0.434 bits per heavy atom. The molecule has 0 spiro atoms. The SMILES string of the molecule is CC1=C[CH]([Zr+2]([CH]2c3ccccc3-c3ccccc32)=[Si](c2ccccc2)c2ccccc2)c2cccc(-c3cc4ccccc4c4ccccc34)c21.[Cl-].[Cl-]. The molecule has 2 aliphatic carbocycles. The van der Waals surface area contributed by atoms with Crippen molar-refractivity contribution in [3.8, 4) is 22.3 Å². The van der Waals surface area contributed by atoms with E-state index in [4.69, 9.17) is 0 Å². The van der Waals surface area contributed by atoms with Crippen molar-refractivity contribution in [3.05, 3.63) is 210 Å². The average molecular weight is 815 g/mol. The van der Waals surface area contributed by atoms with Gasteiger partial charge in [0.25, 0.3) is 0 Å². The predicted molar refractivity (Wildman–Crippen MR) is 215 cm³/mol. The zero-order valence-corrected chi connectivity index (χ0v) is 34.3. The number of hydrogen-bond donors (Lipinski definition) is 0. The molecule has 0 nitrogen and oxygen atoms in total. The summed E-state index contributed by atoms with van der Waals surface area (Å²) in [5, 5.41) is 8.39. The summed E-state index contributed by atoms with van der Waals surface area (Å²) in [5.74, 6) is 0. The molecule has 254 valence electrons. The van der Waals surface area contributed by atoms with E-state index in [1.165, 1.54) is 54.9 Å². The van der Waals surface area contributed by atoms with Gasteiger partial charge in [0, 0.05) is 0 Å². The molecule has 0 amide bonds. The van der Waals surface area contributed by atoms with Crippen LogP contribution in [0.2, 0.25) is 0 Å². The van der Waals surface area contributed by atoms with Gasteiger partial charge in [0.1, 0.15) is 0 Å². The van der Waals surface area contributed by atoms with Gasteiger partial charge >= 0.3 is 310 Å². The fraction of sp³-hybridized carbons (Fsp3) is 0.0612. The van der Waals surface area contributed by atoms with Gasteiger partial charge in [0.05, 0.1) is 0 Å². The summed E-state index contributed by atoms with van der Waals surface area (Å²) in [7, 11) is 0. The number of hydrogen-bond acceptors (Lipinski definition) is 0. The standard InChI is InChI=1S/C24H17.C13H9.C12H10Si.2ClH.Zr/c1-16-13-14-17-8-6-12-22(24(16)17)23-15-18-7-2-3-9-19(18)20-10-4-5-11-21(20)23;1-3-7-12-10(5-1)9-11-6-2-4-8-13(11)12;1-3-7-11(8-4-1)13-12-9-5-2-6-10-12;;;/h2-15H,1H3;1-9H;1-10H;2*1H;/q;;;;;+2/p-2. The minimum Gasteiger partial charge on any atom is -1.00 e. The molecule has 53 heavy (non-hydrogen) atoms. The molecule has 8 aromatic carbocycles. The Morgan fingerprint density at radius 2 is 0.925 bits per heavy atom. The van der Waals surface area contributed by atoms with Crippen LogP contribution in [-0.2, 0) is 20.4 Å². The van der Waals surface area contributed by atoms with Gasteiger partial charge in [-0.2, -0.15) is 0 Å². The second-order valence-corrected chi connectivity index (χ2v) is 28.2. The zero-order chi connectivity index (χ0) is 33.9. The summed E-state index contributed by atoms with van der Waals surface area (Å²) in [4.78, 5) is 0. The van der Waals surface area contributed by atoms with Crippen molar-refractivity contribution in [1.82, 2.24) is 0 Å². The molecule has 4 heteroatoms. The first-order valence-corrected chi connectivity index (χ1v) is 26.0. The molecule has 1 unspecified atom stereocenters. The monoisotopic (exact) mass is 812 g/mol. The summed E-state index contributed by atoms with van der Waals surface area (Å²) in [6.45, 7) is 2.39. The van der Waals surface area contributed by atoms with E-state index in [-0.39, 0.29) is 24.8 Å². The molecule has 2 aliphatic rings. The summed E-state index contributed by atoms with van der Waals surface area (Å²) in [6, 6.07) is 69.5. The first-order chi connectivity index (χ1) is 25.3. The molecule has 0 aliphatic heterocycles. The fourth-order valence-electron chi connectivity index (χ4n) is 9.13. The van der Waals surface area contributed by atoms with Gasteiger partial charge in [-0.15, -0.1) is 0 Å². The maximum Gasteiger partial charge on any atom is -1.00 e. The summed E-state index contributed by atoms with van der Waals surface area (Å²) < 4.78 is 0.895. The molecule has 0 heterocycles. The Bertz CT molecular complexity index is 2630. The molecule has 0 N–H and O–H groups in total. The number of rotatable bonds is 5. The largest absolute Gasteiger partial charge is 1.00 e. The van der Waals surface area contributed by atoms with Crippen molar-refractivity contribution in [2.75, 3.05) is 0 Å². The molecule has 1 atom stereocenters.